The van der Waals surface area contributed by atoms with E-state index < -0.39 is 17.7 Å². The molecule has 1 N–H and O–H groups in total. The first-order valence-electron chi connectivity index (χ1n) is 10.9. The molecular weight excluding hydrogens is 406 g/mol. The van der Waals surface area contributed by atoms with Crippen LogP contribution in [0.4, 0.5) is 0 Å². The largest absolute Gasteiger partial charge is 0.507 e. The van der Waals surface area contributed by atoms with Gasteiger partial charge in [0.25, 0.3) is 11.7 Å². The standard InChI is InChI=1S/C26H31NO5/c1-6-7-13-27-23(17-9-8-10-19(14-17)31-4)22(25(29)26(27)30)24(28)18-11-12-21(32-5)20(15-18)16(2)3/h8-12,14-16,23,28H,6-7,13H2,1-5H3/b24-22-. The predicted octanol–water partition coefficient (Wildman–Crippen LogP) is 5.05. The Morgan fingerprint density at radius 2 is 1.84 bits per heavy atom. The molecular formula is C26H31NO5. The third-order valence-electron chi connectivity index (χ3n) is 5.83. The van der Waals surface area contributed by atoms with Gasteiger partial charge in [0.1, 0.15) is 17.3 Å². The predicted molar refractivity (Wildman–Crippen MR) is 124 cm³/mol. The first-order chi connectivity index (χ1) is 15.3. The van der Waals surface area contributed by atoms with Crippen LogP contribution in [-0.4, -0.2) is 42.5 Å². The van der Waals surface area contributed by atoms with Gasteiger partial charge in [-0.05, 0) is 53.8 Å². The molecule has 1 saturated heterocycles. The normalized spacial score (nSPS) is 17.8. The Morgan fingerprint density at radius 1 is 1.09 bits per heavy atom. The molecule has 0 aromatic heterocycles. The van der Waals surface area contributed by atoms with Gasteiger partial charge >= 0.3 is 0 Å². The number of hydrogen-bond acceptors (Lipinski definition) is 5. The third-order valence-corrected chi connectivity index (χ3v) is 5.83. The number of Topliss-reactive ketones (excluding diaryl/α,β-unsaturated/α-hetero) is 1. The van der Waals surface area contributed by atoms with Crippen LogP contribution in [0.5, 0.6) is 11.5 Å². The highest BCUT2D eigenvalue weighted by atomic mass is 16.5. The summed E-state index contributed by atoms with van der Waals surface area (Å²) >= 11 is 0. The number of aliphatic hydroxyl groups excluding tert-OH is 1. The maximum atomic E-state index is 13.1. The van der Waals surface area contributed by atoms with E-state index in [4.69, 9.17) is 9.47 Å². The molecule has 1 fully saturated rings. The van der Waals surface area contributed by atoms with E-state index in [0.717, 1.165) is 24.0 Å². The minimum Gasteiger partial charge on any atom is -0.507 e. The summed E-state index contributed by atoms with van der Waals surface area (Å²) in [6, 6.07) is 11.9. The molecule has 0 aliphatic carbocycles. The van der Waals surface area contributed by atoms with Gasteiger partial charge in [-0.25, -0.2) is 0 Å². The van der Waals surface area contributed by atoms with E-state index in [1.165, 1.54) is 0 Å². The molecule has 170 valence electrons. The Kier molecular flexibility index (Phi) is 7.23. The van der Waals surface area contributed by atoms with Crippen LogP contribution >= 0.6 is 0 Å². The topological polar surface area (TPSA) is 76.1 Å². The van der Waals surface area contributed by atoms with Crippen molar-refractivity contribution < 1.29 is 24.2 Å². The van der Waals surface area contributed by atoms with Crippen molar-refractivity contribution in [3.63, 3.8) is 0 Å². The van der Waals surface area contributed by atoms with Gasteiger partial charge in [0.15, 0.2) is 0 Å². The lowest BCUT2D eigenvalue weighted by Gasteiger charge is -2.25. The fourth-order valence-corrected chi connectivity index (χ4v) is 4.09. The molecule has 32 heavy (non-hydrogen) atoms. The van der Waals surface area contributed by atoms with Crippen LogP contribution in [0.2, 0.25) is 0 Å². The van der Waals surface area contributed by atoms with Crippen molar-refractivity contribution in [2.75, 3.05) is 20.8 Å². The quantitative estimate of drug-likeness (QED) is 0.355. The minimum absolute atomic E-state index is 0.0965. The van der Waals surface area contributed by atoms with Crippen molar-refractivity contribution in [3.05, 3.63) is 64.7 Å². The summed E-state index contributed by atoms with van der Waals surface area (Å²) in [7, 11) is 3.17. The molecule has 1 aliphatic rings. The highest BCUT2D eigenvalue weighted by molar-refractivity contribution is 6.46. The highest BCUT2D eigenvalue weighted by Gasteiger charge is 2.45. The zero-order chi connectivity index (χ0) is 23.4. The fourth-order valence-electron chi connectivity index (χ4n) is 4.09. The number of likely N-dealkylation sites (tertiary alicyclic amines) is 1. The van der Waals surface area contributed by atoms with Crippen LogP contribution in [0.3, 0.4) is 0 Å². The monoisotopic (exact) mass is 437 g/mol. The van der Waals surface area contributed by atoms with Crippen molar-refractivity contribution in [2.24, 2.45) is 0 Å². The maximum absolute atomic E-state index is 13.1. The molecule has 1 atom stereocenters. The van der Waals surface area contributed by atoms with Crippen molar-refractivity contribution in [2.45, 2.75) is 45.6 Å². The summed E-state index contributed by atoms with van der Waals surface area (Å²) in [4.78, 5) is 27.6. The second-order valence-electron chi connectivity index (χ2n) is 8.23. The Hall–Kier alpha value is -3.28. The van der Waals surface area contributed by atoms with Gasteiger partial charge in [-0.3, -0.25) is 9.59 Å². The Labute approximate surface area is 189 Å². The number of benzene rings is 2. The van der Waals surface area contributed by atoms with E-state index >= 15 is 0 Å². The van der Waals surface area contributed by atoms with Crippen molar-refractivity contribution in [1.82, 2.24) is 4.90 Å². The Morgan fingerprint density at radius 3 is 2.47 bits per heavy atom. The average molecular weight is 438 g/mol. The van der Waals surface area contributed by atoms with Gasteiger partial charge < -0.3 is 19.5 Å². The minimum atomic E-state index is -0.679. The number of ether oxygens (including phenoxy) is 2. The second kappa shape index (κ2) is 9.90. The number of amides is 1. The Bertz CT molecular complexity index is 1040. The lowest BCUT2D eigenvalue weighted by Crippen LogP contribution is -2.30. The molecule has 6 nitrogen and oxygen atoms in total. The third kappa shape index (κ3) is 4.35. The van der Waals surface area contributed by atoms with Crippen LogP contribution < -0.4 is 9.47 Å². The number of ketones is 1. The number of unbranched alkanes of at least 4 members (excludes halogenated alkanes) is 1. The molecule has 1 aliphatic heterocycles. The number of rotatable bonds is 8. The molecule has 6 heteroatoms. The van der Waals surface area contributed by atoms with Crippen molar-refractivity contribution in [3.8, 4) is 11.5 Å². The van der Waals surface area contributed by atoms with E-state index in [9.17, 15) is 14.7 Å². The van der Waals surface area contributed by atoms with Crippen LogP contribution in [0.25, 0.3) is 5.76 Å². The van der Waals surface area contributed by atoms with Gasteiger partial charge in [0.2, 0.25) is 0 Å². The molecule has 0 spiro atoms. The molecule has 0 saturated carbocycles. The summed E-state index contributed by atoms with van der Waals surface area (Å²) < 4.78 is 10.8. The summed E-state index contributed by atoms with van der Waals surface area (Å²) in [5.41, 5.74) is 2.21. The first kappa shape index (κ1) is 23.4. The molecule has 2 aromatic rings. The SMILES string of the molecule is CCCCN1C(=O)C(=O)/C(=C(\O)c2ccc(OC)c(C(C)C)c2)C1c1cccc(OC)c1. The van der Waals surface area contributed by atoms with Crippen LogP contribution in [-0.2, 0) is 9.59 Å². The molecule has 1 unspecified atom stereocenters. The van der Waals surface area contributed by atoms with E-state index in [-0.39, 0.29) is 17.3 Å². The number of hydrogen-bond donors (Lipinski definition) is 1. The lowest BCUT2D eigenvalue weighted by atomic mass is 9.93. The summed E-state index contributed by atoms with van der Waals surface area (Å²) in [5.74, 6) is 0.0386. The summed E-state index contributed by atoms with van der Waals surface area (Å²) in [6.07, 6.45) is 1.64. The van der Waals surface area contributed by atoms with Crippen LogP contribution in [0, 0.1) is 0 Å². The Balaban J connectivity index is 2.20. The second-order valence-corrected chi connectivity index (χ2v) is 8.23. The molecule has 1 heterocycles. The zero-order valence-corrected chi connectivity index (χ0v) is 19.3. The average Bonchev–Trinajstić information content (AvgIpc) is 3.06. The zero-order valence-electron chi connectivity index (χ0n) is 19.3. The molecule has 0 radical (unpaired) electrons. The number of carbonyl (C=O) groups excluding carboxylic acids is 2. The number of aliphatic hydroxyl groups is 1. The van der Waals surface area contributed by atoms with Crippen LogP contribution in [0.1, 0.15) is 62.3 Å². The lowest BCUT2D eigenvalue weighted by molar-refractivity contribution is -0.139. The van der Waals surface area contributed by atoms with Gasteiger partial charge in [-0.1, -0.05) is 39.3 Å². The van der Waals surface area contributed by atoms with E-state index in [1.807, 2.05) is 39.0 Å². The fraction of sp³-hybridized carbons (Fsp3) is 0.385. The molecule has 1 amide bonds. The van der Waals surface area contributed by atoms with Gasteiger partial charge in [0.05, 0.1) is 25.8 Å². The molecule has 2 aromatic carbocycles. The number of nitrogens with zero attached hydrogens (tertiary/aromatic N) is 1. The smallest absolute Gasteiger partial charge is 0.295 e. The molecule has 0 bridgehead atoms. The summed E-state index contributed by atoms with van der Waals surface area (Å²) in [5, 5.41) is 11.3. The summed E-state index contributed by atoms with van der Waals surface area (Å²) in [6.45, 7) is 6.52. The van der Waals surface area contributed by atoms with Crippen molar-refractivity contribution in [1.29, 1.82) is 0 Å². The van der Waals surface area contributed by atoms with Gasteiger partial charge in [-0.15, -0.1) is 0 Å². The van der Waals surface area contributed by atoms with E-state index in [2.05, 4.69) is 0 Å². The van der Waals surface area contributed by atoms with E-state index in [1.54, 1.807) is 43.4 Å². The number of methoxy groups -OCH3 is 2. The van der Waals surface area contributed by atoms with Crippen molar-refractivity contribution >= 4 is 17.4 Å². The van der Waals surface area contributed by atoms with Crippen LogP contribution in [0.15, 0.2) is 48.0 Å². The first-order valence-corrected chi connectivity index (χ1v) is 10.9. The molecule has 3 rings (SSSR count). The maximum Gasteiger partial charge on any atom is 0.295 e. The number of carbonyl (C=O) groups is 2. The van der Waals surface area contributed by atoms with Gasteiger partial charge in [-0.2, -0.15) is 0 Å². The highest BCUT2D eigenvalue weighted by Crippen LogP contribution is 2.41. The van der Waals surface area contributed by atoms with Gasteiger partial charge in [0, 0.05) is 12.1 Å². The van der Waals surface area contributed by atoms with E-state index in [0.29, 0.717) is 23.6 Å².